The molecule has 2 unspecified atom stereocenters. The van der Waals surface area contributed by atoms with Gasteiger partial charge < -0.3 is 5.32 Å². The molecule has 0 aliphatic rings. The molecular weight excluding hydrogens is 272 g/mol. The van der Waals surface area contributed by atoms with Crippen molar-refractivity contribution < 1.29 is 4.92 Å². The van der Waals surface area contributed by atoms with Crippen molar-refractivity contribution in [2.24, 2.45) is 0 Å². The monoisotopic (exact) mass is 296 g/mol. The first kappa shape index (κ1) is 17.0. The van der Waals surface area contributed by atoms with Crippen molar-refractivity contribution >= 4 is 17.4 Å². The SMILES string of the molecule is CCSCCC(C)NC(CC)c1cccc([N+](=O)[O-])c1. The molecule has 4 nitrogen and oxygen atoms in total. The second kappa shape index (κ2) is 8.97. The molecule has 0 heterocycles. The van der Waals surface area contributed by atoms with E-state index >= 15 is 0 Å². The Balaban J connectivity index is 2.65. The normalized spacial score (nSPS) is 13.9. The summed E-state index contributed by atoms with van der Waals surface area (Å²) in [4.78, 5) is 10.5. The van der Waals surface area contributed by atoms with Crippen molar-refractivity contribution in [2.45, 2.75) is 45.7 Å². The average molecular weight is 296 g/mol. The van der Waals surface area contributed by atoms with E-state index in [1.807, 2.05) is 17.8 Å². The van der Waals surface area contributed by atoms with E-state index < -0.39 is 0 Å². The number of nitrogens with zero attached hydrogens (tertiary/aromatic N) is 1. The minimum absolute atomic E-state index is 0.164. The Morgan fingerprint density at radius 2 is 2.15 bits per heavy atom. The molecule has 0 saturated carbocycles. The maximum atomic E-state index is 10.8. The van der Waals surface area contributed by atoms with E-state index in [2.05, 4.69) is 26.1 Å². The Hall–Kier alpha value is -1.07. The summed E-state index contributed by atoms with van der Waals surface area (Å²) in [7, 11) is 0. The van der Waals surface area contributed by atoms with Gasteiger partial charge in [0.25, 0.3) is 5.69 Å². The number of hydrogen-bond donors (Lipinski definition) is 1. The van der Waals surface area contributed by atoms with Crippen molar-refractivity contribution in [3.63, 3.8) is 0 Å². The standard InChI is InChI=1S/C15H24N2O2S/c1-4-15(16-12(3)9-10-20-5-2)13-7-6-8-14(11-13)17(18)19/h6-8,11-12,15-16H,4-5,9-10H2,1-3H3. The fourth-order valence-electron chi connectivity index (χ4n) is 2.14. The van der Waals surface area contributed by atoms with Crippen LogP contribution >= 0.6 is 11.8 Å². The summed E-state index contributed by atoms with van der Waals surface area (Å²) in [5.41, 5.74) is 1.16. The zero-order valence-corrected chi connectivity index (χ0v) is 13.3. The minimum atomic E-state index is -0.336. The van der Waals surface area contributed by atoms with E-state index in [1.165, 1.54) is 6.07 Å². The van der Waals surface area contributed by atoms with Crippen molar-refractivity contribution in [3.05, 3.63) is 39.9 Å². The fraction of sp³-hybridized carbons (Fsp3) is 0.600. The molecule has 0 aromatic heterocycles. The van der Waals surface area contributed by atoms with E-state index in [0.717, 1.165) is 29.9 Å². The summed E-state index contributed by atoms with van der Waals surface area (Å²) in [6, 6.07) is 7.53. The van der Waals surface area contributed by atoms with Gasteiger partial charge in [-0.15, -0.1) is 0 Å². The highest BCUT2D eigenvalue weighted by Crippen LogP contribution is 2.22. The Morgan fingerprint density at radius 3 is 2.75 bits per heavy atom. The van der Waals surface area contributed by atoms with Gasteiger partial charge in [0.2, 0.25) is 0 Å². The molecule has 0 spiro atoms. The van der Waals surface area contributed by atoms with Gasteiger partial charge in [-0.05, 0) is 36.8 Å². The maximum absolute atomic E-state index is 10.8. The Morgan fingerprint density at radius 1 is 1.40 bits per heavy atom. The first-order valence-electron chi connectivity index (χ1n) is 7.16. The summed E-state index contributed by atoms with van der Waals surface area (Å²) < 4.78 is 0. The lowest BCUT2D eigenvalue weighted by atomic mass is 10.0. The van der Waals surface area contributed by atoms with Gasteiger partial charge in [0.1, 0.15) is 0 Å². The average Bonchev–Trinajstić information content (AvgIpc) is 2.45. The van der Waals surface area contributed by atoms with Crippen molar-refractivity contribution in [1.82, 2.24) is 5.32 Å². The second-order valence-electron chi connectivity index (χ2n) is 4.87. The minimum Gasteiger partial charge on any atom is -0.307 e. The molecule has 5 heteroatoms. The van der Waals surface area contributed by atoms with Crippen LogP contribution in [0.2, 0.25) is 0 Å². The number of nitro groups is 1. The topological polar surface area (TPSA) is 55.2 Å². The van der Waals surface area contributed by atoms with Crippen molar-refractivity contribution in [3.8, 4) is 0 Å². The van der Waals surface area contributed by atoms with Crippen molar-refractivity contribution in [2.75, 3.05) is 11.5 Å². The molecule has 0 aliphatic heterocycles. The fourth-order valence-corrected chi connectivity index (χ4v) is 2.95. The molecule has 0 fully saturated rings. The van der Waals surface area contributed by atoms with Gasteiger partial charge in [0.05, 0.1) is 4.92 Å². The highest BCUT2D eigenvalue weighted by atomic mass is 32.2. The third kappa shape index (κ3) is 5.51. The third-order valence-corrected chi connectivity index (χ3v) is 4.21. The first-order chi connectivity index (χ1) is 9.58. The molecule has 112 valence electrons. The lowest BCUT2D eigenvalue weighted by molar-refractivity contribution is -0.384. The number of nitro benzene ring substituents is 1. The summed E-state index contributed by atoms with van der Waals surface area (Å²) in [5.74, 6) is 2.30. The zero-order valence-electron chi connectivity index (χ0n) is 12.5. The van der Waals surface area contributed by atoms with Crippen LogP contribution in [0.15, 0.2) is 24.3 Å². The molecule has 0 saturated heterocycles. The van der Waals surface area contributed by atoms with Crippen LogP contribution in [0.5, 0.6) is 0 Å². The van der Waals surface area contributed by atoms with Gasteiger partial charge in [-0.2, -0.15) is 11.8 Å². The summed E-state index contributed by atoms with van der Waals surface area (Å²) in [6.07, 6.45) is 2.04. The number of non-ortho nitro benzene ring substituents is 1. The van der Waals surface area contributed by atoms with Crippen molar-refractivity contribution in [1.29, 1.82) is 0 Å². The maximum Gasteiger partial charge on any atom is 0.269 e. The Kier molecular flexibility index (Phi) is 7.62. The number of benzene rings is 1. The predicted octanol–water partition coefficient (Wildman–Crippen LogP) is 4.17. The third-order valence-electron chi connectivity index (χ3n) is 3.28. The van der Waals surface area contributed by atoms with E-state index in [1.54, 1.807) is 12.1 Å². The van der Waals surface area contributed by atoms with Crippen LogP contribution in [0.25, 0.3) is 0 Å². The predicted molar refractivity (Wildman–Crippen MR) is 86.3 cm³/mol. The van der Waals surface area contributed by atoms with Crippen LogP contribution in [0.3, 0.4) is 0 Å². The number of hydrogen-bond acceptors (Lipinski definition) is 4. The molecule has 0 bridgehead atoms. The molecule has 1 aromatic rings. The lowest BCUT2D eigenvalue weighted by Crippen LogP contribution is -2.30. The van der Waals surface area contributed by atoms with Gasteiger partial charge in [0.15, 0.2) is 0 Å². The molecule has 2 atom stereocenters. The number of nitrogens with one attached hydrogen (secondary N) is 1. The Bertz CT molecular complexity index is 426. The summed E-state index contributed by atoms with van der Waals surface area (Å²) >= 11 is 1.94. The molecule has 0 radical (unpaired) electrons. The summed E-state index contributed by atoms with van der Waals surface area (Å²) in [6.45, 7) is 6.45. The molecular formula is C15H24N2O2S. The lowest BCUT2D eigenvalue weighted by Gasteiger charge is -2.22. The Labute approximate surface area is 125 Å². The van der Waals surface area contributed by atoms with Crippen LogP contribution in [-0.2, 0) is 0 Å². The van der Waals surface area contributed by atoms with Crippen LogP contribution in [0.4, 0.5) is 5.69 Å². The smallest absolute Gasteiger partial charge is 0.269 e. The van der Waals surface area contributed by atoms with Gasteiger partial charge in [-0.3, -0.25) is 10.1 Å². The largest absolute Gasteiger partial charge is 0.307 e. The van der Waals surface area contributed by atoms with E-state index in [0.29, 0.717) is 6.04 Å². The molecule has 1 rings (SSSR count). The zero-order chi connectivity index (χ0) is 15.0. The molecule has 20 heavy (non-hydrogen) atoms. The number of rotatable bonds is 9. The molecule has 1 aromatic carbocycles. The molecule has 0 aliphatic carbocycles. The molecule has 0 amide bonds. The van der Waals surface area contributed by atoms with Crippen LogP contribution in [0, 0.1) is 10.1 Å². The first-order valence-corrected chi connectivity index (χ1v) is 8.32. The van der Waals surface area contributed by atoms with Gasteiger partial charge in [-0.25, -0.2) is 0 Å². The highest BCUT2D eigenvalue weighted by Gasteiger charge is 2.15. The summed E-state index contributed by atoms with van der Waals surface area (Å²) in [5, 5.41) is 14.4. The molecule has 1 N–H and O–H groups in total. The highest BCUT2D eigenvalue weighted by molar-refractivity contribution is 7.99. The van der Waals surface area contributed by atoms with E-state index in [4.69, 9.17) is 0 Å². The van der Waals surface area contributed by atoms with Gasteiger partial charge in [0, 0.05) is 24.2 Å². The van der Waals surface area contributed by atoms with E-state index in [-0.39, 0.29) is 16.7 Å². The van der Waals surface area contributed by atoms with Gasteiger partial charge >= 0.3 is 0 Å². The van der Waals surface area contributed by atoms with E-state index in [9.17, 15) is 10.1 Å². The quantitative estimate of drug-likeness (QED) is 0.422. The second-order valence-corrected chi connectivity index (χ2v) is 6.26. The van der Waals surface area contributed by atoms with Crippen LogP contribution in [-0.4, -0.2) is 22.5 Å². The van der Waals surface area contributed by atoms with Crippen LogP contribution in [0.1, 0.15) is 45.2 Å². The van der Waals surface area contributed by atoms with Crippen LogP contribution < -0.4 is 5.32 Å². The number of thioether (sulfide) groups is 1. The van der Waals surface area contributed by atoms with Gasteiger partial charge in [-0.1, -0.05) is 26.0 Å².